The molecule has 1 aromatic carbocycles. The maximum atomic E-state index is 13.8. The summed E-state index contributed by atoms with van der Waals surface area (Å²) in [6.45, 7) is 8.50. The minimum Gasteiger partial charge on any atom is -0.324 e. The van der Waals surface area contributed by atoms with Crippen molar-refractivity contribution in [2.45, 2.75) is 59.5 Å². The van der Waals surface area contributed by atoms with Crippen LogP contribution < -0.4 is 10.9 Å². The van der Waals surface area contributed by atoms with Crippen molar-refractivity contribution in [3.05, 3.63) is 55.9 Å². The van der Waals surface area contributed by atoms with Gasteiger partial charge in [-0.05, 0) is 82.8 Å². The molecule has 0 saturated carbocycles. The maximum absolute atomic E-state index is 13.8. The van der Waals surface area contributed by atoms with E-state index >= 15 is 0 Å². The van der Waals surface area contributed by atoms with Crippen LogP contribution in [0.4, 0.5) is 5.69 Å². The van der Waals surface area contributed by atoms with Gasteiger partial charge in [0.15, 0.2) is 0 Å². The number of aryl methyl sites for hydroxylation is 3. The number of hydrogen-bond donors (Lipinski definition) is 1. The molecule has 0 radical (unpaired) electrons. The number of hydrogen-bond acceptors (Lipinski definition) is 5. The second kappa shape index (κ2) is 8.79. The number of nitrogens with zero attached hydrogens (tertiary/aromatic N) is 3. The molecule has 1 amide bonds. The normalized spacial score (nSPS) is 16.9. The molecule has 0 fully saturated rings. The molecular weight excluding hydrogens is 420 g/mol. The Hall–Kier alpha value is -2.51. The molecule has 2 atom stereocenters. The Morgan fingerprint density at radius 1 is 1.34 bits per heavy atom. The summed E-state index contributed by atoms with van der Waals surface area (Å²) in [4.78, 5) is 36.0. The van der Waals surface area contributed by atoms with E-state index < -0.39 is 6.04 Å². The molecule has 7 heteroatoms. The molecule has 2 heterocycles. The number of carbonyl (C=O) groups is 1. The summed E-state index contributed by atoms with van der Waals surface area (Å²) in [7, 11) is 3.89. The fourth-order valence-electron chi connectivity index (χ4n) is 4.46. The van der Waals surface area contributed by atoms with E-state index in [1.807, 2.05) is 51.0 Å². The largest absolute Gasteiger partial charge is 0.324 e. The molecule has 170 valence electrons. The zero-order chi connectivity index (χ0) is 23.2. The lowest BCUT2D eigenvalue weighted by Gasteiger charge is -2.22. The van der Waals surface area contributed by atoms with Crippen LogP contribution >= 0.6 is 11.3 Å². The predicted molar refractivity (Wildman–Crippen MR) is 132 cm³/mol. The number of thiophene rings is 1. The highest BCUT2D eigenvalue weighted by atomic mass is 32.1. The van der Waals surface area contributed by atoms with Gasteiger partial charge in [0, 0.05) is 10.6 Å². The third-order valence-corrected chi connectivity index (χ3v) is 7.46. The fraction of sp³-hybridized carbons (Fsp3) is 0.480. The monoisotopic (exact) mass is 452 g/mol. The van der Waals surface area contributed by atoms with Gasteiger partial charge in [-0.2, -0.15) is 0 Å². The second-order valence-corrected chi connectivity index (χ2v) is 10.5. The lowest BCUT2D eigenvalue weighted by molar-refractivity contribution is -0.119. The third-order valence-electron chi connectivity index (χ3n) is 6.31. The Morgan fingerprint density at radius 3 is 2.81 bits per heavy atom. The van der Waals surface area contributed by atoms with Crippen LogP contribution in [0, 0.1) is 19.8 Å². The highest BCUT2D eigenvalue weighted by molar-refractivity contribution is 7.18. The molecule has 0 saturated heterocycles. The van der Waals surface area contributed by atoms with Crippen LogP contribution in [0.5, 0.6) is 0 Å². The van der Waals surface area contributed by atoms with E-state index in [4.69, 9.17) is 4.98 Å². The molecule has 0 aliphatic heterocycles. The zero-order valence-corrected chi connectivity index (χ0v) is 20.6. The summed E-state index contributed by atoms with van der Waals surface area (Å²) in [6, 6.07) is 5.30. The van der Waals surface area contributed by atoms with Crippen molar-refractivity contribution in [3.63, 3.8) is 0 Å². The maximum Gasteiger partial charge on any atom is 0.263 e. The summed E-state index contributed by atoms with van der Waals surface area (Å²) in [5.41, 5.74) is 3.90. The number of nitrogens with one attached hydrogen (secondary N) is 1. The van der Waals surface area contributed by atoms with Gasteiger partial charge < -0.3 is 10.2 Å². The smallest absolute Gasteiger partial charge is 0.263 e. The van der Waals surface area contributed by atoms with Gasteiger partial charge in [-0.3, -0.25) is 14.2 Å². The van der Waals surface area contributed by atoms with Crippen molar-refractivity contribution in [2.24, 2.45) is 5.92 Å². The van der Waals surface area contributed by atoms with Gasteiger partial charge in [-0.1, -0.05) is 19.1 Å². The summed E-state index contributed by atoms with van der Waals surface area (Å²) in [6.07, 6.45) is 2.99. The Kier molecular flexibility index (Phi) is 6.23. The average Bonchev–Trinajstić information content (AvgIpc) is 3.07. The van der Waals surface area contributed by atoms with Crippen LogP contribution in [0.25, 0.3) is 10.2 Å². The number of carbonyl (C=O) groups excluding carboxylic acids is 1. The van der Waals surface area contributed by atoms with Gasteiger partial charge >= 0.3 is 0 Å². The first-order valence-corrected chi connectivity index (χ1v) is 12.1. The van der Waals surface area contributed by atoms with E-state index in [0.29, 0.717) is 23.7 Å². The Balaban J connectivity index is 1.80. The number of amides is 1. The van der Waals surface area contributed by atoms with Crippen molar-refractivity contribution in [1.29, 1.82) is 0 Å². The first-order chi connectivity index (χ1) is 15.2. The van der Waals surface area contributed by atoms with Gasteiger partial charge in [0.05, 0.1) is 11.9 Å². The number of rotatable bonds is 5. The van der Waals surface area contributed by atoms with Gasteiger partial charge in [0.1, 0.15) is 16.7 Å². The standard InChI is InChI=1S/C25H32N4O2S/c1-14-7-9-16(3)19(11-14)26-23(30)17(4)29-21(13-28(5)6)27-24-22(25(29)31)18-10-8-15(2)12-20(18)32-24/h7,9,11,15,17H,8,10,12-13H2,1-6H3,(H,26,30). The molecule has 1 aliphatic carbocycles. The molecule has 0 bridgehead atoms. The third kappa shape index (κ3) is 4.24. The summed E-state index contributed by atoms with van der Waals surface area (Å²) in [5.74, 6) is 1.05. The van der Waals surface area contributed by atoms with Crippen molar-refractivity contribution >= 4 is 33.1 Å². The van der Waals surface area contributed by atoms with Crippen molar-refractivity contribution < 1.29 is 4.79 Å². The van der Waals surface area contributed by atoms with Crippen LogP contribution in [-0.4, -0.2) is 34.5 Å². The lowest BCUT2D eigenvalue weighted by Crippen LogP contribution is -2.36. The van der Waals surface area contributed by atoms with Crippen LogP contribution in [0.2, 0.25) is 0 Å². The molecule has 0 spiro atoms. The van der Waals surface area contributed by atoms with Gasteiger partial charge in [0.2, 0.25) is 5.91 Å². The SMILES string of the molecule is Cc1ccc(C)c(NC(=O)C(C)n2c(CN(C)C)nc3sc4c(c3c2=O)CCC(C)C4)c1. The van der Waals surface area contributed by atoms with E-state index in [-0.39, 0.29) is 11.5 Å². The molecular formula is C25H32N4O2S. The first-order valence-electron chi connectivity index (χ1n) is 11.2. The van der Waals surface area contributed by atoms with Crippen LogP contribution in [0.3, 0.4) is 0 Å². The molecule has 1 aliphatic rings. The summed E-state index contributed by atoms with van der Waals surface area (Å²) >= 11 is 1.65. The second-order valence-electron chi connectivity index (χ2n) is 9.46. The molecule has 3 aromatic rings. The first kappa shape index (κ1) is 22.7. The van der Waals surface area contributed by atoms with Crippen LogP contribution in [0.15, 0.2) is 23.0 Å². The highest BCUT2D eigenvalue weighted by Gasteiger charge is 2.28. The minimum absolute atomic E-state index is 0.0949. The molecule has 1 N–H and O–H groups in total. The molecule has 2 unspecified atom stereocenters. The number of aromatic nitrogens is 2. The van der Waals surface area contributed by atoms with Gasteiger partial charge in [-0.15, -0.1) is 11.3 Å². The Labute approximate surface area is 193 Å². The van der Waals surface area contributed by atoms with Crippen LogP contribution in [0.1, 0.15) is 53.7 Å². The average molecular weight is 453 g/mol. The van der Waals surface area contributed by atoms with Gasteiger partial charge in [0.25, 0.3) is 5.56 Å². The van der Waals surface area contributed by atoms with Gasteiger partial charge in [-0.25, -0.2) is 4.98 Å². The topological polar surface area (TPSA) is 67.2 Å². The lowest BCUT2D eigenvalue weighted by atomic mass is 9.89. The number of fused-ring (bicyclic) bond motifs is 3. The quantitative estimate of drug-likeness (QED) is 0.621. The van der Waals surface area contributed by atoms with Crippen molar-refractivity contribution in [1.82, 2.24) is 14.5 Å². The van der Waals surface area contributed by atoms with E-state index in [2.05, 4.69) is 12.2 Å². The molecule has 6 nitrogen and oxygen atoms in total. The molecule has 2 aromatic heterocycles. The van der Waals surface area contributed by atoms with E-state index in [1.165, 1.54) is 4.88 Å². The summed E-state index contributed by atoms with van der Waals surface area (Å²) < 4.78 is 1.60. The Bertz CT molecular complexity index is 1240. The fourth-order valence-corrected chi connectivity index (χ4v) is 5.86. The van der Waals surface area contributed by atoms with Crippen molar-refractivity contribution in [2.75, 3.05) is 19.4 Å². The zero-order valence-electron chi connectivity index (χ0n) is 19.8. The number of anilines is 1. The predicted octanol–water partition coefficient (Wildman–Crippen LogP) is 4.46. The summed E-state index contributed by atoms with van der Waals surface area (Å²) in [5, 5.41) is 3.74. The number of benzene rings is 1. The molecule has 32 heavy (non-hydrogen) atoms. The highest BCUT2D eigenvalue weighted by Crippen LogP contribution is 2.36. The van der Waals surface area contributed by atoms with E-state index in [9.17, 15) is 9.59 Å². The molecule has 4 rings (SSSR count). The van der Waals surface area contributed by atoms with Crippen LogP contribution in [-0.2, 0) is 24.2 Å². The van der Waals surface area contributed by atoms with Crippen molar-refractivity contribution in [3.8, 4) is 0 Å². The van der Waals surface area contributed by atoms with E-state index in [0.717, 1.165) is 46.5 Å². The minimum atomic E-state index is -0.674. The van der Waals surface area contributed by atoms with E-state index in [1.54, 1.807) is 22.8 Å². The Morgan fingerprint density at radius 2 is 2.09 bits per heavy atom.